The van der Waals surface area contributed by atoms with Gasteiger partial charge in [-0.3, -0.25) is 4.79 Å². The molecule has 0 bridgehead atoms. The van der Waals surface area contributed by atoms with Crippen molar-refractivity contribution in [3.05, 3.63) is 35.0 Å². The molecule has 2 rings (SSSR count). The molecule has 1 aliphatic rings. The van der Waals surface area contributed by atoms with Crippen LogP contribution in [0.5, 0.6) is 11.5 Å². The van der Waals surface area contributed by atoms with Gasteiger partial charge in [0.2, 0.25) is 5.91 Å². The third-order valence-electron chi connectivity index (χ3n) is 3.68. The minimum absolute atomic E-state index is 0.144. The number of para-hydroxylation sites is 1. The number of allylic oxidation sites excluding steroid dienone is 1. The second kappa shape index (κ2) is 6.51. The van der Waals surface area contributed by atoms with Crippen LogP contribution in [0.1, 0.15) is 24.8 Å². The molecule has 118 valence electrons. The van der Waals surface area contributed by atoms with Crippen molar-refractivity contribution in [3.63, 3.8) is 0 Å². The zero-order valence-corrected chi connectivity index (χ0v) is 13.1. The molecule has 0 saturated heterocycles. The number of ether oxygens (including phenoxy) is 3. The summed E-state index contributed by atoms with van der Waals surface area (Å²) in [6.45, 7) is 1.68. The molecule has 0 spiro atoms. The van der Waals surface area contributed by atoms with Crippen molar-refractivity contribution in [3.8, 4) is 11.5 Å². The first-order valence-electron chi connectivity index (χ1n) is 6.83. The van der Waals surface area contributed by atoms with Crippen molar-refractivity contribution in [2.75, 3.05) is 21.3 Å². The quantitative estimate of drug-likeness (QED) is 0.858. The highest BCUT2D eigenvalue weighted by atomic mass is 16.5. The van der Waals surface area contributed by atoms with E-state index >= 15 is 0 Å². The Hall–Kier alpha value is -2.50. The zero-order valence-electron chi connectivity index (χ0n) is 13.1. The number of rotatable bonds is 4. The molecule has 1 amide bonds. The number of methoxy groups -OCH3 is 3. The van der Waals surface area contributed by atoms with Gasteiger partial charge < -0.3 is 19.5 Å². The summed E-state index contributed by atoms with van der Waals surface area (Å²) < 4.78 is 15.6. The van der Waals surface area contributed by atoms with Crippen LogP contribution in [-0.4, -0.2) is 33.2 Å². The summed E-state index contributed by atoms with van der Waals surface area (Å²) in [5, 5.41) is 2.68. The van der Waals surface area contributed by atoms with Gasteiger partial charge in [0, 0.05) is 23.6 Å². The van der Waals surface area contributed by atoms with Gasteiger partial charge in [0.15, 0.2) is 11.5 Å². The number of carbonyl (C=O) groups is 2. The zero-order chi connectivity index (χ0) is 16.3. The molecule has 0 aliphatic carbocycles. The third kappa shape index (κ3) is 2.77. The van der Waals surface area contributed by atoms with Gasteiger partial charge in [-0.2, -0.15) is 0 Å². The average molecular weight is 305 g/mol. The first-order valence-corrected chi connectivity index (χ1v) is 6.83. The molecule has 0 fully saturated rings. The van der Waals surface area contributed by atoms with Crippen LogP contribution in [0.25, 0.3) is 0 Å². The number of esters is 1. The summed E-state index contributed by atoms with van der Waals surface area (Å²) >= 11 is 0. The van der Waals surface area contributed by atoms with Crippen molar-refractivity contribution in [2.45, 2.75) is 19.3 Å². The fourth-order valence-electron chi connectivity index (χ4n) is 2.73. The highest BCUT2D eigenvalue weighted by Gasteiger charge is 2.34. The second-order valence-electron chi connectivity index (χ2n) is 4.92. The highest BCUT2D eigenvalue weighted by molar-refractivity contribution is 5.96. The molecule has 1 atom stereocenters. The molecule has 6 heteroatoms. The van der Waals surface area contributed by atoms with E-state index in [0.29, 0.717) is 22.8 Å². The van der Waals surface area contributed by atoms with Crippen molar-refractivity contribution in [1.82, 2.24) is 5.32 Å². The summed E-state index contributed by atoms with van der Waals surface area (Å²) in [6, 6.07) is 5.38. The maximum Gasteiger partial charge on any atom is 0.336 e. The summed E-state index contributed by atoms with van der Waals surface area (Å²) in [4.78, 5) is 24.0. The molecule has 0 unspecified atom stereocenters. The van der Waals surface area contributed by atoms with Crippen LogP contribution in [-0.2, 0) is 14.3 Å². The van der Waals surface area contributed by atoms with E-state index in [-0.39, 0.29) is 12.3 Å². The third-order valence-corrected chi connectivity index (χ3v) is 3.68. The van der Waals surface area contributed by atoms with E-state index in [9.17, 15) is 9.59 Å². The molecule has 0 aromatic heterocycles. The van der Waals surface area contributed by atoms with E-state index in [1.165, 1.54) is 21.3 Å². The molecular formula is C16H19NO5. The summed E-state index contributed by atoms with van der Waals surface area (Å²) in [6.07, 6.45) is 0.144. The Labute approximate surface area is 129 Å². The molecule has 1 N–H and O–H groups in total. The Kier molecular flexibility index (Phi) is 4.70. The van der Waals surface area contributed by atoms with Gasteiger partial charge in [-0.15, -0.1) is 0 Å². The SMILES string of the molecule is COC(=O)C1=C(C)NC(=O)C[C@@H]1c1cccc(OC)c1OC. The monoisotopic (exact) mass is 305 g/mol. The minimum atomic E-state index is -0.465. The van der Waals surface area contributed by atoms with Crippen molar-refractivity contribution in [2.24, 2.45) is 0 Å². The van der Waals surface area contributed by atoms with Gasteiger partial charge in [-0.1, -0.05) is 12.1 Å². The van der Waals surface area contributed by atoms with E-state index in [4.69, 9.17) is 14.2 Å². The van der Waals surface area contributed by atoms with Crippen LogP contribution in [0.4, 0.5) is 0 Å². The van der Waals surface area contributed by atoms with Crippen LogP contribution in [0.2, 0.25) is 0 Å². The molecular weight excluding hydrogens is 286 g/mol. The van der Waals surface area contributed by atoms with Gasteiger partial charge in [0.05, 0.1) is 26.9 Å². The lowest BCUT2D eigenvalue weighted by atomic mass is 9.84. The molecule has 1 heterocycles. The molecule has 22 heavy (non-hydrogen) atoms. The Bertz CT molecular complexity index is 635. The number of hydrogen-bond donors (Lipinski definition) is 1. The van der Waals surface area contributed by atoms with Gasteiger partial charge >= 0.3 is 5.97 Å². The fourth-order valence-corrected chi connectivity index (χ4v) is 2.73. The van der Waals surface area contributed by atoms with E-state index in [2.05, 4.69) is 5.32 Å². The fraction of sp³-hybridized carbons (Fsp3) is 0.375. The maximum atomic E-state index is 12.1. The lowest BCUT2D eigenvalue weighted by molar-refractivity contribution is -0.136. The number of nitrogens with one attached hydrogen (secondary N) is 1. The van der Waals surface area contributed by atoms with Crippen molar-refractivity contribution >= 4 is 11.9 Å². The highest BCUT2D eigenvalue weighted by Crippen LogP contribution is 2.42. The number of hydrogen-bond acceptors (Lipinski definition) is 5. The first-order chi connectivity index (χ1) is 10.5. The van der Waals surface area contributed by atoms with E-state index in [1.807, 2.05) is 6.07 Å². The minimum Gasteiger partial charge on any atom is -0.493 e. The molecule has 0 saturated carbocycles. The average Bonchev–Trinajstić information content (AvgIpc) is 2.52. The van der Waals surface area contributed by atoms with Crippen LogP contribution >= 0.6 is 0 Å². The normalized spacial score (nSPS) is 17.8. The summed E-state index contributed by atoms with van der Waals surface area (Å²) in [5.41, 5.74) is 1.64. The Balaban J connectivity index is 2.60. The van der Waals surface area contributed by atoms with Gasteiger partial charge in [0.25, 0.3) is 0 Å². The molecule has 6 nitrogen and oxygen atoms in total. The largest absolute Gasteiger partial charge is 0.493 e. The lowest BCUT2D eigenvalue weighted by Crippen LogP contribution is -2.34. The predicted octanol–water partition coefficient (Wildman–Crippen LogP) is 1.75. The van der Waals surface area contributed by atoms with Crippen molar-refractivity contribution < 1.29 is 23.8 Å². The topological polar surface area (TPSA) is 73.9 Å². The molecule has 1 aromatic carbocycles. The second-order valence-corrected chi connectivity index (χ2v) is 4.92. The standard InChI is InChI=1S/C16H19NO5/c1-9-14(16(19)22-4)11(8-13(18)17-9)10-6-5-7-12(20-2)15(10)21-3/h5-7,11H,8H2,1-4H3,(H,17,18)/t11-/m1/s1. The number of carbonyl (C=O) groups excluding carboxylic acids is 2. The van der Waals surface area contributed by atoms with Crippen molar-refractivity contribution in [1.29, 1.82) is 0 Å². The maximum absolute atomic E-state index is 12.1. The lowest BCUT2D eigenvalue weighted by Gasteiger charge is -2.27. The Morgan fingerprint density at radius 3 is 2.55 bits per heavy atom. The van der Waals surface area contributed by atoms with Gasteiger partial charge in [-0.05, 0) is 13.0 Å². The molecule has 1 aromatic rings. The Morgan fingerprint density at radius 2 is 1.95 bits per heavy atom. The van der Waals surface area contributed by atoms with E-state index < -0.39 is 11.9 Å². The van der Waals surface area contributed by atoms with Crippen LogP contribution in [0, 0.1) is 0 Å². The number of amides is 1. The smallest absolute Gasteiger partial charge is 0.336 e. The predicted molar refractivity (Wildman–Crippen MR) is 79.8 cm³/mol. The van der Waals surface area contributed by atoms with Crippen LogP contribution in [0.3, 0.4) is 0 Å². The first kappa shape index (κ1) is 15.9. The van der Waals surface area contributed by atoms with Gasteiger partial charge in [-0.25, -0.2) is 4.79 Å². The van der Waals surface area contributed by atoms with E-state index in [0.717, 1.165) is 5.56 Å². The van der Waals surface area contributed by atoms with E-state index in [1.54, 1.807) is 19.1 Å². The van der Waals surface area contributed by atoms with Crippen LogP contribution < -0.4 is 14.8 Å². The molecule has 1 aliphatic heterocycles. The van der Waals surface area contributed by atoms with Crippen LogP contribution in [0.15, 0.2) is 29.5 Å². The summed E-state index contributed by atoms with van der Waals surface area (Å²) in [7, 11) is 4.38. The molecule has 0 radical (unpaired) electrons. The number of benzene rings is 1. The summed E-state index contributed by atoms with van der Waals surface area (Å²) in [5.74, 6) is 0.00500. The Morgan fingerprint density at radius 1 is 1.23 bits per heavy atom. The van der Waals surface area contributed by atoms with Gasteiger partial charge in [0.1, 0.15) is 0 Å².